The Balaban J connectivity index is 2.60. The van der Waals surface area contributed by atoms with E-state index in [1.807, 2.05) is 12.2 Å². The molecule has 1 unspecified atom stereocenters. The molecule has 0 amide bonds. The first kappa shape index (κ1) is 8.21. The molecule has 0 aliphatic heterocycles. The molecule has 0 fully saturated rings. The molecule has 1 aliphatic rings. The summed E-state index contributed by atoms with van der Waals surface area (Å²) in [6, 6.07) is 0. The number of carbonyl (C=O) groups excluding carboxylic acids is 1. The molecule has 0 saturated heterocycles. The minimum Gasteiger partial charge on any atom is -0.396 e. The van der Waals surface area contributed by atoms with Crippen LogP contribution in [0.15, 0.2) is 23.8 Å². The van der Waals surface area contributed by atoms with Crippen molar-refractivity contribution in [3.05, 3.63) is 23.8 Å². The maximum Gasteiger partial charge on any atom is 0.159 e. The van der Waals surface area contributed by atoms with Crippen molar-refractivity contribution in [2.24, 2.45) is 5.92 Å². The molecule has 0 heterocycles. The Bertz CT molecular complexity index is 214. The van der Waals surface area contributed by atoms with E-state index in [-0.39, 0.29) is 18.3 Å². The summed E-state index contributed by atoms with van der Waals surface area (Å²) in [5.74, 6) is 0.302. The van der Waals surface area contributed by atoms with Crippen LogP contribution in [0.25, 0.3) is 0 Å². The topological polar surface area (TPSA) is 37.3 Å². The first-order chi connectivity index (χ1) is 5.24. The number of ketones is 1. The van der Waals surface area contributed by atoms with Crippen LogP contribution in [0, 0.1) is 5.92 Å². The van der Waals surface area contributed by atoms with Gasteiger partial charge in [-0.2, -0.15) is 0 Å². The molecule has 0 bridgehead atoms. The minimum absolute atomic E-state index is 0.0950. The fraction of sp³-hybridized carbons (Fsp3) is 0.444. The molecule has 1 N–H and O–H groups in total. The molecule has 0 aromatic rings. The Morgan fingerprint density at radius 3 is 2.91 bits per heavy atom. The molecule has 2 nitrogen and oxygen atoms in total. The molecule has 0 radical (unpaired) electrons. The molecule has 1 aliphatic carbocycles. The number of rotatable bonds is 2. The lowest BCUT2D eigenvalue weighted by molar-refractivity contribution is -0.113. The van der Waals surface area contributed by atoms with E-state index in [2.05, 4.69) is 0 Å². The standard InChI is InChI=1S/C9H12O2/c1-7(11)9-4-2-8(6-10)3-5-9/h2,4-5,8,10H,3,6H2,1H3. The molecule has 1 rings (SSSR count). The number of hydrogen-bond donors (Lipinski definition) is 1. The van der Waals surface area contributed by atoms with Gasteiger partial charge in [-0.15, -0.1) is 0 Å². The van der Waals surface area contributed by atoms with E-state index in [4.69, 9.17) is 5.11 Å². The molecular weight excluding hydrogens is 140 g/mol. The highest BCUT2D eigenvalue weighted by molar-refractivity contribution is 5.96. The molecule has 0 spiro atoms. The first-order valence-corrected chi connectivity index (χ1v) is 3.74. The molecule has 0 saturated carbocycles. The highest BCUT2D eigenvalue weighted by atomic mass is 16.3. The van der Waals surface area contributed by atoms with Gasteiger partial charge >= 0.3 is 0 Å². The third-order valence-electron chi connectivity index (χ3n) is 1.83. The predicted molar refractivity (Wildman–Crippen MR) is 43.1 cm³/mol. The first-order valence-electron chi connectivity index (χ1n) is 3.74. The van der Waals surface area contributed by atoms with Crippen LogP contribution in [0.3, 0.4) is 0 Å². The van der Waals surface area contributed by atoms with Crippen LogP contribution in [-0.2, 0) is 4.79 Å². The van der Waals surface area contributed by atoms with E-state index in [1.54, 1.807) is 13.0 Å². The molecule has 2 heteroatoms. The Morgan fingerprint density at radius 1 is 1.82 bits per heavy atom. The van der Waals surface area contributed by atoms with Gasteiger partial charge in [-0.25, -0.2) is 0 Å². The van der Waals surface area contributed by atoms with Crippen LogP contribution < -0.4 is 0 Å². The van der Waals surface area contributed by atoms with Gasteiger partial charge < -0.3 is 5.11 Å². The second-order valence-electron chi connectivity index (χ2n) is 2.75. The maximum atomic E-state index is 10.8. The summed E-state index contributed by atoms with van der Waals surface area (Å²) in [6.45, 7) is 1.72. The van der Waals surface area contributed by atoms with Crippen LogP contribution in [0.4, 0.5) is 0 Å². The van der Waals surface area contributed by atoms with Crippen molar-refractivity contribution in [3.63, 3.8) is 0 Å². The molecule has 60 valence electrons. The van der Waals surface area contributed by atoms with Gasteiger partial charge in [0.15, 0.2) is 5.78 Å². The van der Waals surface area contributed by atoms with Gasteiger partial charge in [-0.05, 0) is 13.3 Å². The molecular formula is C9H12O2. The van der Waals surface area contributed by atoms with Crippen LogP contribution in [0.1, 0.15) is 13.3 Å². The van der Waals surface area contributed by atoms with E-state index >= 15 is 0 Å². The van der Waals surface area contributed by atoms with Gasteiger partial charge in [0.1, 0.15) is 0 Å². The van der Waals surface area contributed by atoms with Crippen molar-refractivity contribution >= 4 is 5.78 Å². The van der Waals surface area contributed by atoms with Gasteiger partial charge in [0, 0.05) is 18.1 Å². The molecule has 0 aromatic carbocycles. The van der Waals surface area contributed by atoms with Crippen molar-refractivity contribution in [3.8, 4) is 0 Å². The third-order valence-corrected chi connectivity index (χ3v) is 1.83. The second kappa shape index (κ2) is 3.49. The normalized spacial score (nSPS) is 23.1. The minimum atomic E-state index is 0.0950. The molecule has 0 aromatic heterocycles. The van der Waals surface area contributed by atoms with Gasteiger partial charge in [0.25, 0.3) is 0 Å². The van der Waals surface area contributed by atoms with Crippen molar-refractivity contribution in [1.82, 2.24) is 0 Å². The van der Waals surface area contributed by atoms with Gasteiger partial charge in [0.2, 0.25) is 0 Å². The lowest BCUT2D eigenvalue weighted by Crippen LogP contribution is -2.07. The average molecular weight is 152 g/mol. The van der Waals surface area contributed by atoms with Gasteiger partial charge in [-0.1, -0.05) is 18.2 Å². The number of hydrogen-bond acceptors (Lipinski definition) is 2. The summed E-state index contributed by atoms with van der Waals surface area (Å²) < 4.78 is 0. The zero-order valence-electron chi connectivity index (χ0n) is 6.58. The monoisotopic (exact) mass is 152 g/mol. The van der Waals surface area contributed by atoms with E-state index in [9.17, 15) is 4.79 Å². The Kier molecular flexibility index (Phi) is 2.60. The van der Waals surface area contributed by atoms with E-state index in [0.29, 0.717) is 0 Å². The summed E-state index contributed by atoms with van der Waals surface area (Å²) in [6.07, 6.45) is 6.33. The summed E-state index contributed by atoms with van der Waals surface area (Å²) in [5, 5.41) is 8.75. The Morgan fingerprint density at radius 2 is 2.55 bits per heavy atom. The van der Waals surface area contributed by atoms with Crippen LogP contribution >= 0.6 is 0 Å². The maximum absolute atomic E-state index is 10.8. The largest absolute Gasteiger partial charge is 0.396 e. The zero-order chi connectivity index (χ0) is 8.27. The van der Waals surface area contributed by atoms with E-state index < -0.39 is 0 Å². The SMILES string of the molecule is CC(=O)C1=CCC(CO)C=C1. The highest BCUT2D eigenvalue weighted by Gasteiger charge is 2.08. The summed E-state index contributed by atoms with van der Waals surface area (Å²) in [7, 11) is 0. The smallest absolute Gasteiger partial charge is 0.159 e. The number of allylic oxidation sites excluding steroid dienone is 3. The summed E-state index contributed by atoms with van der Waals surface area (Å²) in [4.78, 5) is 10.8. The lowest BCUT2D eigenvalue weighted by Gasteiger charge is -2.11. The molecule has 11 heavy (non-hydrogen) atoms. The highest BCUT2D eigenvalue weighted by Crippen LogP contribution is 2.15. The van der Waals surface area contributed by atoms with E-state index in [0.717, 1.165) is 12.0 Å². The van der Waals surface area contributed by atoms with E-state index in [1.165, 1.54) is 0 Å². The summed E-state index contributed by atoms with van der Waals surface area (Å²) >= 11 is 0. The third kappa shape index (κ3) is 2.02. The number of aliphatic hydroxyl groups is 1. The van der Waals surface area contributed by atoms with Crippen LogP contribution in [0.5, 0.6) is 0 Å². The van der Waals surface area contributed by atoms with Crippen molar-refractivity contribution in [2.45, 2.75) is 13.3 Å². The fourth-order valence-electron chi connectivity index (χ4n) is 1.06. The number of carbonyl (C=O) groups is 1. The Hall–Kier alpha value is -0.890. The van der Waals surface area contributed by atoms with Crippen molar-refractivity contribution in [2.75, 3.05) is 6.61 Å². The quantitative estimate of drug-likeness (QED) is 0.642. The lowest BCUT2D eigenvalue weighted by atomic mass is 9.96. The second-order valence-corrected chi connectivity index (χ2v) is 2.75. The van der Waals surface area contributed by atoms with Gasteiger partial charge in [0.05, 0.1) is 0 Å². The van der Waals surface area contributed by atoms with Crippen LogP contribution in [0.2, 0.25) is 0 Å². The molecule has 1 atom stereocenters. The number of aliphatic hydroxyl groups excluding tert-OH is 1. The summed E-state index contributed by atoms with van der Waals surface area (Å²) in [5.41, 5.74) is 0.759. The Labute approximate surface area is 66.2 Å². The zero-order valence-corrected chi connectivity index (χ0v) is 6.58. The van der Waals surface area contributed by atoms with Crippen molar-refractivity contribution < 1.29 is 9.90 Å². The van der Waals surface area contributed by atoms with Crippen LogP contribution in [-0.4, -0.2) is 17.5 Å². The fourth-order valence-corrected chi connectivity index (χ4v) is 1.06. The number of Topliss-reactive ketones (excluding diaryl/α,β-unsaturated/α-hetero) is 1. The van der Waals surface area contributed by atoms with Gasteiger partial charge in [-0.3, -0.25) is 4.79 Å². The average Bonchev–Trinajstić information content (AvgIpc) is 2.05. The van der Waals surface area contributed by atoms with Crippen molar-refractivity contribution in [1.29, 1.82) is 0 Å². The predicted octanol–water partition coefficient (Wildman–Crippen LogP) is 1.07.